The standard InChI is InChI=1S/C32H59NO4/c1-3-5-7-9-11-12-13-14-15-16-17-18-20-22-24-26-31(36)30(28-34)33-32(37)27-29(35)25-23-21-19-10-8-6-4-2/h13-14,17-18,24,26,29-31,34-36H,3-12,15-16,19-23,25,27-28H2,1-2H3,(H,33,37)/b14-13+,18-17+,26-24+. The third-order valence-corrected chi connectivity index (χ3v) is 6.66. The summed E-state index contributed by atoms with van der Waals surface area (Å²) >= 11 is 0. The highest BCUT2D eigenvalue weighted by atomic mass is 16.3. The summed E-state index contributed by atoms with van der Waals surface area (Å²) in [4.78, 5) is 12.2. The fourth-order valence-corrected chi connectivity index (χ4v) is 4.25. The Morgan fingerprint density at radius 1 is 0.676 bits per heavy atom. The summed E-state index contributed by atoms with van der Waals surface area (Å²) in [5.74, 6) is -0.338. The van der Waals surface area contributed by atoms with Crippen molar-refractivity contribution in [2.75, 3.05) is 6.61 Å². The Balaban J connectivity index is 3.92. The van der Waals surface area contributed by atoms with Gasteiger partial charge in [-0.1, -0.05) is 121 Å². The van der Waals surface area contributed by atoms with Crippen LogP contribution in [0.2, 0.25) is 0 Å². The van der Waals surface area contributed by atoms with E-state index in [9.17, 15) is 20.1 Å². The Kier molecular flexibility index (Phi) is 26.5. The Hall–Kier alpha value is -1.43. The topological polar surface area (TPSA) is 89.8 Å². The van der Waals surface area contributed by atoms with E-state index in [1.807, 2.05) is 6.08 Å². The van der Waals surface area contributed by atoms with Crippen molar-refractivity contribution in [3.05, 3.63) is 36.5 Å². The Morgan fingerprint density at radius 3 is 1.73 bits per heavy atom. The van der Waals surface area contributed by atoms with Gasteiger partial charge in [0.2, 0.25) is 5.91 Å². The van der Waals surface area contributed by atoms with Gasteiger partial charge in [-0.25, -0.2) is 0 Å². The second-order valence-corrected chi connectivity index (χ2v) is 10.3. The molecule has 0 aromatic carbocycles. The molecule has 0 aromatic heterocycles. The Morgan fingerprint density at radius 2 is 1.16 bits per heavy atom. The summed E-state index contributed by atoms with van der Waals surface area (Å²) < 4.78 is 0. The maximum atomic E-state index is 12.2. The van der Waals surface area contributed by atoms with Crippen LogP contribution in [0.25, 0.3) is 0 Å². The number of nitrogens with one attached hydrogen (secondary N) is 1. The molecule has 0 saturated carbocycles. The van der Waals surface area contributed by atoms with Crippen LogP contribution in [0.1, 0.15) is 136 Å². The van der Waals surface area contributed by atoms with Crippen molar-refractivity contribution in [3.63, 3.8) is 0 Å². The SMILES string of the molecule is CCCCCCC/C=C/CC/C=C/CC/C=C/C(O)C(CO)NC(=O)CC(O)CCCCCCCCC. The fraction of sp³-hybridized carbons (Fsp3) is 0.781. The number of aliphatic hydroxyl groups excluding tert-OH is 3. The highest BCUT2D eigenvalue weighted by molar-refractivity contribution is 5.76. The zero-order chi connectivity index (χ0) is 27.4. The highest BCUT2D eigenvalue weighted by Crippen LogP contribution is 2.11. The zero-order valence-corrected chi connectivity index (χ0v) is 24.1. The average molecular weight is 522 g/mol. The van der Waals surface area contributed by atoms with Crippen LogP contribution in [0, 0.1) is 0 Å². The molecule has 216 valence electrons. The number of aliphatic hydroxyl groups is 3. The molecule has 0 aliphatic carbocycles. The van der Waals surface area contributed by atoms with Crippen LogP contribution in [-0.2, 0) is 4.79 Å². The highest BCUT2D eigenvalue weighted by Gasteiger charge is 2.19. The lowest BCUT2D eigenvalue weighted by Crippen LogP contribution is -2.45. The maximum Gasteiger partial charge on any atom is 0.222 e. The summed E-state index contributed by atoms with van der Waals surface area (Å²) in [7, 11) is 0. The van der Waals surface area contributed by atoms with Gasteiger partial charge in [-0.15, -0.1) is 0 Å². The minimum Gasteiger partial charge on any atom is -0.394 e. The van der Waals surface area contributed by atoms with E-state index in [0.29, 0.717) is 6.42 Å². The minimum atomic E-state index is -0.953. The Bertz CT molecular complexity index is 587. The van der Waals surface area contributed by atoms with Gasteiger partial charge < -0.3 is 20.6 Å². The molecule has 0 bridgehead atoms. The van der Waals surface area contributed by atoms with Gasteiger partial charge in [0.15, 0.2) is 0 Å². The van der Waals surface area contributed by atoms with Gasteiger partial charge >= 0.3 is 0 Å². The molecule has 4 N–H and O–H groups in total. The maximum absolute atomic E-state index is 12.2. The number of carbonyl (C=O) groups is 1. The molecule has 5 heteroatoms. The summed E-state index contributed by atoms with van der Waals surface area (Å²) in [5.41, 5.74) is 0. The number of amides is 1. The molecule has 0 fully saturated rings. The van der Waals surface area contributed by atoms with Crippen molar-refractivity contribution in [2.45, 2.75) is 154 Å². The molecule has 0 heterocycles. The molecule has 0 saturated heterocycles. The zero-order valence-electron chi connectivity index (χ0n) is 24.1. The number of hydrogen-bond donors (Lipinski definition) is 4. The van der Waals surface area contributed by atoms with Gasteiger partial charge in [0.25, 0.3) is 0 Å². The van der Waals surface area contributed by atoms with Crippen molar-refractivity contribution in [2.24, 2.45) is 0 Å². The molecule has 0 rings (SSSR count). The van der Waals surface area contributed by atoms with Crippen LogP contribution in [0.4, 0.5) is 0 Å². The first-order valence-corrected chi connectivity index (χ1v) is 15.3. The minimum absolute atomic E-state index is 0.00170. The molecule has 3 atom stereocenters. The summed E-state index contributed by atoms with van der Waals surface area (Å²) in [6.07, 6.45) is 31.3. The van der Waals surface area contributed by atoms with Crippen molar-refractivity contribution >= 4 is 5.91 Å². The van der Waals surface area contributed by atoms with E-state index in [4.69, 9.17) is 0 Å². The molecule has 3 unspecified atom stereocenters. The van der Waals surface area contributed by atoms with Crippen molar-refractivity contribution in [1.29, 1.82) is 0 Å². The lowest BCUT2D eigenvalue weighted by molar-refractivity contribution is -0.124. The summed E-state index contributed by atoms with van der Waals surface area (Å²) in [5, 5.41) is 32.7. The van der Waals surface area contributed by atoms with Gasteiger partial charge in [0.1, 0.15) is 0 Å². The molecular weight excluding hydrogens is 462 g/mol. The fourth-order valence-electron chi connectivity index (χ4n) is 4.25. The predicted molar refractivity (Wildman–Crippen MR) is 158 cm³/mol. The number of carbonyl (C=O) groups excluding carboxylic acids is 1. The second kappa shape index (κ2) is 27.6. The van der Waals surface area contributed by atoms with Gasteiger partial charge in [-0.3, -0.25) is 4.79 Å². The number of rotatable bonds is 26. The molecule has 0 radical (unpaired) electrons. The summed E-state index contributed by atoms with van der Waals surface area (Å²) in [6.45, 7) is 4.10. The smallest absolute Gasteiger partial charge is 0.222 e. The van der Waals surface area contributed by atoms with Gasteiger partial charge in [0.05, 0.1) is 31.3 Å². The van der Waals surface area contributed by atoms with Crippen LogP contribution < -0.4 is 5.32 Å². The number of unbranched alkanes of at least 4 members (excludes halogenated alkanes) is 13. The van der Waals surface area contributed by atoms with Crippen molar-refractivity contribution in [1.82, 2.24) is 5.32 Å². The van der Waals surface area contributed by atoms with Crippen LogP contribution in [0.15, 0.2) is 36.5 Å². The van der Waals surface area contributed by atoms with Crippen molar-refractivity contribution in [3.8, 4) is 0 Å². The van der Waals surface area contributed by atoms with Crippen LogP contribution in [0.5, 0.6) is 0 Å². The normalized spacial score (nSPS) is 14.6. The first-order chi connectivity index (χ1) is 18.0. The van der Waals surface area contributed by atoms with Gasteiger partial charge in [-0.2, -0.15) is 0 Å². The third kappa shape index (κ3) is 24.7. The van der Waals surface area contributed by atoms with E-state index in [-0.39, 0.29) is 18.9 Å². The van der Waals surface area contributed by atoms with E-state index >= 15 is 0 Å². The van der Waals surface area contributed by atoms with Crippen LogP contribution in [-0.4, -0.2) is 46.1 Å². The Labute approximate surface area is 228 Å². The average Bonchev–Trinajstić information content (AvgIpc) is 2.88. The van der Waals surface area contributed by atoms with E-state index in [0.717, 1.165) is 38.5 Å². The molecular formula is C32H59NO4. The lowest BCUT2D eigenvalue weighted by Gasteiger charge is -2.20. The van der Waals surface area contributed by atoms with E-state index in [2.05, 4.69) is 43.5 Å². The van der Waals surface area contributed by atoms with E-state index in [1.54, 1.807) is 6.08 Å². The molecule has 0 aromatic rings. The number of hydrogen-bond acceptors (Lipinski definition) is 4. The third-order valence-electron chi connectivity index (χ3n) is 6.66. The molecule has 37 heavy (non-hydrogen) atoms. The first-order valence-electron chi connectivity index (χ1n) is 15.3. The van der Waals surface area contributed by atoms with Crippen molar-refractivity contribution < 1.29 is 20.1 Å². The van der Waals surface area contributed by atoms with Gasteiger partial charge in [-0.05, 0) is 44.9 Å². The molecule has 0 aliphatic rings. The largest absolute Gasteiger partial charge is 0.394 e. The molecule has 1 amide bonds. The van der Waals surface area contributed by atoms with Gasteiger partial charge in [0, 0.05) is 0 Å². The lowest BCUT2D eigenvalue weighted by atomic mass is 10.0. The quantitative estimate of drug-likeness (QED) is 0.0710. The molecule has 0 spiro atoms. The molecule has 5 nitrogen and oxygen atoms in total. The van der Waals surface area contributed by atoms with Crippen LogP contribution in [0.3, 0.4) is 0 Å². The number of allylic oxidation sites excluding steroid dienone is 5. The van der Waals surface area contributed by atoms with Crippen LogP contribution >= 0.6 is 0 Å². The summed E-state index contributed by atoms with van der Waals surface area (Å²) in [6, 6.07) is -0.761. The monoisotopic (exact) mass is 521 g/mol. The molecule has 0 aliphatic heterocycles. The van der Waals surface area contributed by atoms with E-state index < -0.39 is 18.2 Å². The first kappa shape index (κ1) is 35.6. The predicted octanol–water partition coefficient (Wildman–Crippen LogP) is 7.31. The second-order valence-electron chi connectivity index (χ2n) is 10.3. The van der Waals surface area contributed by atoms with E-state index in [1.165, 1.54) is 70.6 Å².